The molecule has 0 aliphatic rings. The topological polar surface area (TPSA) is 53.1 Å². The zero-order valence-corrected chi connectivity index (χ0v) is 6.94. The van der Waals surface area contributed by atoms with Crippen LogP contribution in [0.5, 0.6) is 0 Å². The standard InChI is InChI=1S/C7H16FN3/c1-2-11(6-4-8)5-3-7(9)10/h2-6H2,1H3,(H3,9,10). The fraction of sp³-hybridized carbons (Fsp3) is 0.857. The quantitative estimate of drug-likeness (QED) is 0.443. The molecule has 0 rings (SSSR count). The lowest BCUT2D eigenvalue weighted by Crippen LogP contribution is -2.29. The lowest BCUT2D eigenvalue weighted by molar-refractivity contribution is 0.265. The highest BCUT2D eigenvalue weighted by atomic mass is 19.1. The molecule has 0 aliphatic heterocycles. The second-order valence-corrected chi connectivity index (χ2v) is 2.40. The summed E-state index contributed by atoms with van der Waals surface area (Å²) in [7, 11) is 0. The molecule has 0 atom stereocenters. The average molecular weight is 161 g/mol. The number of amidine groups is 1. The van der Waals surface area contributed by atoms with Crippen molar-refractivity contribution < 1.29 is 4.39 Å². The number of nitrogens with zero attached hydrogens (tertiary/aromatic N) is 1. The number of halogens is 1. The lowest BCUT2D eigenvalue weighted by Gasteiger charge is -2.17. The Bertz CT molecular complexity index is 116. The minimum atomic E-state index is -0.328. The maximum absolute atomic E-state index is 11.8. The minimum Gasteiger partial charge on any atom is -0.388 e. The van der Waals surface area contributed by atoms with Gasteiger partial charge >= 0.3 is 0 Å². The third-order valence-corrected chi connectivity index (χ3v) is 1.55. The van der Waals surface area contributed by atoms with Crippen LogP contribution >= 0.6 is 0 Å². The Kier molecular flexibility index (Phi) is 5.74. The third-order valence-electron chi connectivity index (χ3n) is 1.55. The molecular weight excluding hydrogens is 145 g/mol. The van der Waals surface area contributed by atoms with Gasteiger partial charge in [0, 0.05) is 19.5 Å². The van der Waals surface area contributed by atoms with E-state index in [1.807, 2.05) is 11.8 Å². The van der Waals surface area contributed by atoms with Crippen molar-refractivity contribution in [2.45, 2.75) is 13.3 Å². The maximum Gasteiger partial charge on any atom is 0.102 e. The molecule has 0 bridgehead atoms. The zero-order chi connectivity index (χ0) is 8.69. The Morgan fingerprint density at radius 2 is 2.18 bits per heavy atom. The average Bonchev–Trinajstić information content (AvgIpc) is 1.97. The van der Waals surface area contributed by atoms with Crippen LogP contribution in [0.25, 0.3) is 0 Å². The van der Waals surface area contributed by atoms with Crippen molar-refractivity contribution >= 4 is 5.84 Å². The minimum absolute atomic E-state index is 0.169. The highest BCUT2D eigenvalue weighted by Crippen LogP contribution is 1.90. The summed E-state index contributed by atoms with van der Waals surface area (Å²) in [5.41, 5.74) is 5.15. The predicted octanol–water partition coefficient (Wildman–Crippen LogP) is 0.604. The molecule has 0 aliphatic carbocycles. The molecule has 0 heterocycles. The summed E-state index contributed by atoms with van der Waals surface area (Å²) in [6.07, 6.45) is 0.536. The van der Waals surface area contributed by atoms with Gasteiger partial charge in [0.05, 0.1) is 5.84 Å². The first-order valence-electron chi connectivity index (χ1n) is 3.82. The SMILES string of the molecule is CCN(CCF)CCC(=N)N. The molecule has 0 aromatic heterocycles. The van der Waals surface area contributed by atoms with E-state index in [2.05, 4.69) is 0 Å². The van der Waals surface area contributed by atoms with Crippen molar-refractivity contribution in [2.75, 3.05) is 26.3 Å². The molecule has 0 saturated heterocycles. The molecule has 0 amide bonds. The maximum atomic E-state index is 11.8. The van der Waals surface area contributed by atoms with E-state index in [9.17, 15) is 4.39 Å². The molecular formula is C7H16FN3. The Hall–Kier alpha value is -0.640. The normalized spacial score (nSPS) is 10.5. The lowest BCUT2D eigenvalue weighted by atomic mass is 10.3. The van der Waals surface area contributed by atoms with Crippen LogP contribution in [-0.4, -0.2) is 37.0 Å². The van der Waals surface area contributed by atoms with E-state index in [0.29, 0.717) is 19.5 Å². The number of nitrogens with two attached hydrogens (primary N) is 1. The van der Waals surface area contributed by atoms with Gasteiger partial charge in [-0.2, -0.15) is 0 Å². The molecule has 66 valence electrons. The fourth-order valence-electron chi connectivity index (χ4n) is 0.826. The summed E-state index contributed by atoms with van der Waals surface area (Å²) in [4.78, 5) is 1.93. The summed E-state index contributed by atoms with van der Waals surface area (Å²) >= 11 is 0. The van der Waals surface area contributed by atoms with Gasteiger partial charge < -0.3 is 10.6 Å². The number of hydrogen-bond acceptors (Lipinski definition) is 2. The van der Waals surface area contributed by atoms with E-state index in [1.165, 1.54) is 0 Å². The van der Waals surface area contributed by atoms with Crippen molar-refractivity contribution in [1.29, 1.82) is 5.41 Å². The first-order chi connectivity index (χ1) is 5.20. The summed E-state index contributed by atoms with van der Waals surface area (Å²) in [5, 5.41) is 6.95. The van der Waals surface area contributed by atoms with Crippen LogP contribution in [0.1, 0.15) is 13.3 Å². The summed E-state index contributed by atoms with van der Waals surface area (Å²) in [6, 6.07) is 0. The second-order valence-electron chi connectivity index (χ2n) is 2.40. The number of hydrogen-bond donors (Lipinski definition) is 2. The smallest absolute Gasteiger partial charge is 0.102 e. The third kappa shape index (κ3) is 5.79. The summed E-state index contributed by atoms with van der Waals surface area (Å²) in [5.74, 6) is 0.169. The van der Waals surface area contributed by atoms with Crippen molar-refractivity contribution in [3.05, 3.63) is 0 Å². The van der Waals surface area contributed by atoms with E-state index in [0.717, 1.165) is 6.54 Å². The van der Waals surface area contributed by atoms with Gasteiger partial charge in [0.1, 0.15) is 6.67 Å². The van der Waals surface area contributed by atoms with Gasteiger partial charge in [-0.15, -0.1) is 0 Å². The van der Waals surface area contributed by atoms with E-state index in [4.69, 9.17) is 11.1 Å². The van der Waals surface area contributed by atoms with Crippen molar-refractivity contribution in [2.24, 2.45) is 5.73 Å². The molecule has 0 fully saturated rings. The molecule has 0 radical (unpaired) electrons. The van der Waals surface area contributed by atoms with E-state index < -0.39 is 0 Å². The van der Waals surface area contributed by atoms with Gasteiger partial charge in [-0.25, -0.2) is 4.39 Å². The number of nitrogens with one attached hydrogen (secondary N) is 1. The van der Waals surface area contributed by atoms with Crippen LogP contribution in [0.15, 0.2) is 0 Å². The van der Waals surface area contributed by atoms with Gasteiger partial charge in [-0.1, -0.05) is 6.92 Å². The van der Waals surface area contributed by atoms with Crippen molar-refractivity contribution in [3.8, 4) is 0 Å². The Balaban J connectivity index is 3.43. The van der Waals surface area contributed by atoms with E-state index in [-0.39, 0.29) is 12.5 Å². The van der Waals surface area contributed by atoms with Gasteiger partial charge in [0.25, 0.3) is 0 Å². The predicted molar refractivity (Wildman–Crippen MR) is 44.6 cm³/mol. The van der Waals surface area contributed by atoms with Gasteiger partial charge in [-0.3, -0.25) is 5.41 Å². The molecule has 11 heavy (non-hydrogen) atoms. The highest BCUT2D eigenvalue weighted by Gasteiger charge is 2.01. The molecule has 3 N–H and O–H groups in total. The molecule has 0 aromatic rings. The van der Waals surface area contributed by atoms with Gasteiger partial charge in [0.15, 0.2) is 0 Å². The fourth-order valence-corrected chi connectivity index (χ4v) is 0.826. The van der Waals surface area contributed by atoms with Crippen LogP contribution in [-0.2, 0) is 0 Å². The Labute approximate surface area is 66.9 Å². The number of rotatable bonds is 6. The zero-order valence-electron chi connectivity index (χ0n) is 6.94. The Morgan fingerprint density at radius 1 is 1.55 bits per heavy atom. The van der Waals surface area contributed by atoms with Crippen molar-refractivity contribution in [1.82, 2.24) is 4.90 Å². The summed E-state index contributed by atoms with van der Waals surface area (Å²) < 4.78 is 11.8. The first kappa shape index (κ1) is 10.4. The van der Waals surface area contributed by atoms with Crippen LogP contribution in [0.3, 0.4) is 0 Å². The van der Waals surface area contributed by atoms with Crippen LogP contribution in [0.4, 0.5) is 4.39 Å². The molecule has 0 spiro atoms. The highest BCUT2D eigenvalue weighted by molar-refractivity contribution is 5.76. The molecule has 0 saturated carbocycles. The summed E-state index contributed by atoms with van der Waals surface area (Å²) in [6.45, 7) is 3.60. The monoisotopic (exact) mass is 161 g/mol. The molecule has 0 unspecified atom stereocenters. The van der Waals surface area contributed by atoms with Gasteiger partial charge in [0.2, 0.25) is 0 Å². The van der Waals surface area contributed by atoms with E-state index >= 15 is 0 Å². The molecule has 4 heteroatoms. The second kappa shape index (κ2) is 6.09. The number of alkyl halides is 1. The van der Waals surface area contributed by atoms with E-state index in [1.54, 1.807) is 0 Å². The Morgan fingerprint density at radius 3 is 2.55 bits per heavy atom. The van der Waals surface area contributed by atoms with Crippen LogP contribution in [0.2, 0.25) is 0 Å². The largest absolute Gasteiger partial charge is 0.388 e. The first-order valence-corrected chi connectivity index (χ1v) is 3.82. The van der Waals surface area contributed by atoms with Crippen LogP contribution in [0, 0.1) is 5.41 Å². The van der Waals surface area contributed by atoms with Gasteiger partial charge in [-0.05, 0) is 6.54 Å². The van der Waals surface area contributed by atoms with Crippen LogP contribution < -0.4 is 5.73 Å². The molecule has 3 nitrogen and oxygen atoms in total. The molecule has 0 aromatic carbocycles. The van der Waals surface area contributed by atoms with Crippen molar-refractivity contribution in [3.63, 3.8) is 0 Å².